The van der Waals surface area contributed by atoms with Crippen molar-refractivity contribution in [2.75, 3.05) is 22.9 Å². The van der Waals surface area contributed by atoms with Crippen molar-refractivity contribution in [2.45, 2.75) is 0 Å². The minimum absolute atomic E-state index is 0.0592. The van der Waals surface area contributed by atoms with Gasteiger partial charge in [0.2, 0.25) is 10.0 Å². The molecule has 0 aliphatic rings. The van der Waals surface area contributed by atoms with E-state index in [-0.39, 0.29) is 16.3 Å². The van der Waals surface area contributed by atoms with Crippen LogP contribution in [0, 0.1) is 10.1 Å². The molecule has 0 saturated heterocycles. The molecule has 0 aliphatic carbocycles. The van der Waals surface area contributed by atoms with Crippen molar-refractivity contribution in [3.05, 3.63) is 63.2 Å². The molecule has 2 aromatic rings. The lowest BCUT2D eigenvalue weighted by atomic mass is 10.2. The van der Waals surface area contributed by atoms with Crippen LogP contribution in [-0.2, 0) is 10.0 Å². The number of carbonyl (C=O) groups excluding carboxylic acids is 1. The predicted octanol–water partition coefficient (Wildman–Crippen LogP) is 2.90. The molecular formula is C15H14ClN3O5S. The summed E-state index contributed by atoms with van der Waals surface area (Å²) in [5.74, 6) is -0.570. The second kappa shape index (κ2) is 7.08. The highest BCUT2D eigenvalue weighted by Crippen LogP contribution is 2.25. The van der Waals surface area contributed by atoms with Gasteiger partial charge in [-0.2, -0.15) is 0 Å². The normalized spacial score (nSPS) is 11.0. The average Bonchev–Trinajstić information content (AvgIpc) is 2.53. The Kier molecular flexibility index (Phi) is 5.29. The first-order valence-electron chi connectivity index (χ1n) is 6.89. The second-order valence-corrected chi connectivity index (χ2v) is 7.58. The number of anilines is 2. The van der Waals surface area contributed by atoms with Crippen molar-refractivity contribution in [2.24, 2.45) is 0 Å². The zero-order valence-corrected chi connectivity index (χ0v) is 14.8. The van der Waals surface area contributed by atoms with Crippen molar-refractivity contribution < 1.29 is 18.1 Å². The molecule has 0 fully saturated rings. The molecule has 0 bridgehead atoms. The summed E-state index contributed by atoms with van der Waals surface area (Å²) >= 11 is 5.92. The molecule has 1 N–H and O–H groups in total. The summed E-state index contributed by atoms with van der Waals surface area (Å²) in [5.41, 5.74) is 0.565. The molecule has 0 saturated carbocycles. The van der Waals surface area contributed by atoms with Gasteiger partial charge >= 0.3 is 0 Å². The molecule has 0 spiro atoms. The number of non-ortho nitro benzene ring substituents is 1. The number of amides is 1. The highest BCUT2D eigenvalue weighted by atomic mass is 35.5. The van der Waals surface area contributed by atoms with Gasteiger partial charge in [-0.25, -0.2) is 8.42 Å². The van der Waals surface area contributed by atoms with Crippen LogP contribution in [0.5, 0.6) is 0 Å². The molecule has 2 rings (SSSR count). The number of rotatable bonds is 5. The van der Waals surface area contributed by atoms with Gasteiger partial charge in [-0.05, 0) is 24.3 Å². The summed E-state index contributed by atoms with van der Waals surface area (Å²) in [7, 11) is -2.04. The minimum Gasteiger partial charge on any atom is -0.322 e. The lowest BCUT2D eigenvalue weighted by molar-refractivity contribution is -0.384. The summed E-state index contributed by atoms with van der Waals surface area (Å²) in [6.45, 7) is 0. The lowest BCUT2D eigenvalue weighted by Gasteiger charge is -2.17. The monoisotopic (exact) mass is 383 g/mol. The van der Waals surface area contributed by atoms with E-state index in [4.69, 9.17) is 11.6 Å². The summed E-state index contributed by atoms with van der Waals surface area (Å²) in [6.07, 6.45) is 1.06. The number of nitro benzene ring substituents is 1. The van der Waals surface area contributed by atoms with Gasteiger partial charge in [0.05, 0.1) is 27.5 Å². The summed E-state index contributed by atoms with van der Waals surface area (Å²) in [4.78, 5) is 22.4. The number of nitrogens with one attached hydrogen (secondary N) is 1. The predicted molar refractivity (Wildman–Crippen MR) is 95.7 cm³/mol. The number of hydrogen-bond donors (Lipinski definition) is 1. The Morgan fingerprint density at radius 1 is 1.24 bits per heavy atom. The Labute approximate surface area is 149 Å². The molecule has 0 aliphatic heterocycles. The third kappa shape index (κ3) is 4.46. The van der Waals surface area contributed by atoms with E-state index in [2.05, 4.69) is 5.32 Å². The molecule has 0 radical (unpaired) electrons. The Morgan fingerprint density at radius 2 is 1.92 bits per heavy atom. The fourth-order valence-corrected chi connectivity index (χ4v) is 2.73. The van der Waals surface area contributed by atoms with Crippen LogP contribution < -0.4 is 9.62 Å². The summed E-state index contributed by atoms with van der Waals surface area (Å²) in [6, 6.07) is 9.75. The van der Waals surface area contributed by atoms with Gasteiger partial charge in [-0.15, -0.1) is 0 Å². The van der Waals surface area contributed by atoms with E-state index in [0.29, 0.717) is 11.4 Å². The van der Waals surface area contributed by atoms with E-state index in [1.165, 1.54) is 25.2 Å². The maximum atomic E-state index is 12.3. The summed E-state index contributed by atoms with van der Waals surface area (Å²) in [5, 5.41) is 13.2. The third-order valence-electron chi connectivity index (χ3n) is 3.37. The minimum atomic E-state index is -3.44. The molecule has 132 valence electrons. The van der Waals surface area contributed by atoms with Crippen LogP contribution in [0.15, 0.2) is 42.5 Å². The van der Waals surface area contributed by atoms with Crippen LogP contribution in [0.2, 0.25) is 5.02 Å². The van der Waals surface area contributed by atoms with E-state index >= 15 is 0 Å². The van der Waals surface area contributed by atoms with Crippen LogP contribution in [0.25, 0.3) is 0 Å². The second-order valence-electron chi connectivity index (χ2n) is 5.16. The van der Waals surface area contributed by atoms with Crippen LogP contribution in [0.3, 0.4) is 0 Å². The molecule has 2 aromatic carbocycles. The SMILES string of the molecule is CN(c1cccc(NC(=O)c2ccc([N+](=O)[O-])cc2Cl)c1)S(C)(=O)=O. The fraction of sp³-hybridized carbons (Fsp3) is 0.133. The molecule has 25 heavy (non-hydrogen) atoms. The van der Waals surface area contributed by atoms with Gasteiger partial charge in [0, 0.05) is 24.9 Å². The molecule has 10 heteroatoms. The molecule has 1 amide bonds. The van der Waals surface area contributed by atoms with E-state index in [1.54, 1.807) is 18.2 Å². The Morgan fingerprint density at radius 3 is 2.48 bits per heavy atom. The Balaban J connectivity index is 2.26. The highest BCUT2D eigenvalue weighted by Gasteiger charge is 2.16. The molecule has 0 unspecified atom stereocenters. The number of nitro groups is 1. The average molecular weight is 384 g/mol. The number of sulfonamides is 1. The Hall–Kier alpha value is -2.65. The van der Waals surface area contributed by atoms with Crippen molar-refractivity contribution >= 4 is 44.6 Å². The number of halogens is 1. The van der Waals surface area contributed by atoms with Gasteiger partial charge in [0.15, 0.2) is 0 Å². The molecule has 0 heterocycles. The molecule has 0 aromatic heterocycles. The number of nitrogens with zero attached hydrogens (tertiary/aromatic N) is 2. The van der Waals surface area contributed by atoms with E-state index in [9.17, 15) is 23.3 Å². The first-order chi connectivity index (χ1) is 11.6. The summed E-state index contributed by atoms with van der Waals surface area (Å²) < 4.78 is 24.2. The van der Waals surface area contributed by atoms with Crippen molar-refractivity contribution in [1.82, 2.24) is 0 Å². The van der Waals surface area contributed by atoms with E-state index in [1.807, 2.05) is 0 Å². The van der Waals surface area contributed by atoms with Crippen LogP contribution in [0.4, 0.5) is 17.1 Å². The van der Waals surface area contributed by atoms with E-state index in [0.717, 1.165) is 16.6 Å². The van der Waals surface area contributed by atoms with Crippen LogP contribution in [-0.4, -0.2) is 32.6 Å². The van der Waals surface area contributed by atoms with Gasteiger partial charge in [-0.1, -0.05) is 17.7 Å². The van der Waals surface area contributed by atoms with E-state index < -0.39 is 20.9 Å². The van der Waals surface area contributed by atoms with Crippen molar-refractivity contribution in [3.63, 3.8) is 0 Å². The maximum absolute atomic E-state index is 12.3. The first kappa shape index (κ1) is 18.7. The van der Waals surface area contributed by atoms with Crippen molar-refractivity contribution in [1.29, 1.82) is 0 Å². The third-order valence-corrected chi connectivity index (χ3v) is 4.89. The lowest BCUT2D eigenvalue weighted by Crippen LogP contribution is -2.24. The zero-order chi connectivity index (χ0) is 18.8. The van der Waals surface area contributed by atoms with Gasteiger partial charge in [0.1, 0.15) is 0 Å². The van der Waals surface area contributed by atoms with Gasteiger partial charge in [0.25, 0.3) is 11.6 Å². The van der Waals surface area contributed by atoms with Crippen LogP contribution >= 0.6 is 11.6 Å². The first-order valence-corrected chi connectivity index (χ1v) is 9.11. The topological polar surface area (TPSA) is 110 Å². The van der Waals surface area contributed by atoms with Crippen LogP contribution in [0.1, 0.15) is 10.4 Å². The number of carbonyl (C=O) groups is 1. The largest absolute Gasteiger partial charge is 0.322 e. The zero-order valence-electron chi connectivity index (χ0n) is 13.3. The van der Waals surface area contributed by atoms with Crippen molar-refractivity contribution in [3.8, 4) is 0 Å². The molecule has 8 nitrogen and oxygen atoms in total. The quantitative estimate of drug-likeness (QED) is 0.630. The molecular weight excluding hydrogens is 370 g/mol. The standard InChI is InChI=1S/C15H14ClN3O5S/c1-18(25(2,23)24)11-5-3-4-10(8-11)17-15(20)13-7-6-12(19(21)22)9-14(13)16/h3-9H,1-2H3,(H,17,20). The fourth-order valence-electron chi connectivity index (χ4n) is 1.97. The van der Waals surface area contributed by atoms with Gasteiger partial charge < -0.3 is 5.32 Å². The van der Waals surface area contributed by atoms with Gasteiger partial charge in [-0.3, -0.25) is 19.2 Å². The molecule has 0 atom stereocenters. The highest BCUT2D eigenvalue weighted by molar-refractivity contribution is 7.92. The Bertz CT molecular complexity index is 946. The number of hydrogen-bond acceptors (Lipinski definition) is 5. The maximum Gasteiger partial charge on any atom is 0.270 e. The smallest absolute Gasteiger partial charge is 0.270 e. The number of benzene rings is 2.